The van der Waals surface area contributed by atoms with Crippen LogP contribution in [-0.4, -0.2) is 41.5 Å². The van der Waals surface area contributed by atoms with Crippen LogP contribution in [0.25, 0.3) is 10.8 Å². The number of hydrogen-bond donors (Lipinski definition) is 2. The molecule has 1 heterocycles. The zero-order valence-electron chi connectivity index (χ0n) is 18.2. The first-order valence-electron chi connectivity index (χ1n) is 10.3. The van der Waals surface area contributed by atoms with Crippen LogP contribution in [0.5, 0.6) is 5.75 Å². The Hall–Kier alpha value is -3.01. The van der Waals surface area contributed by atoms with Crippen molar-refractivity contribution in [2.24, 2.45) is 5.92 Å². The second-order valence-corrected chi connectivity index (χ2v) is 9.57. The average Bonchev–Trinajstić information content (AvgIpc) is 2.78. The van der Waals surface area contributed by atoms with Gasteiger partial charge in [-0.05, 0) is 59.5 Å². The van der Waals surface area contributed by atoms with E-state index in [0.717, 1.165) is 9.69 Å². The van der Waals surface area contributed by atoms with E-state index >= 15 is 0 Å². The van der Waals surface area contributed by atoms with Gasteiger partial charge in [0, 0.05) is 18.9 Å². The van der Waals surface area contributed by atoms with Crippen molar-refractivity contribution in [2.45, 2.75) is 38.3 Å². The first kappa shape index (κ1) is 23.6. The number of amides is 1. The van der Waals surface area contributed by atoms with Crippen molar-refractivity contribution in [2.75, 3.05) is 6.61 Å². The molecule has 0 unspecified atom stereocenters. The molecule has 0 aliphatic rings. The molecule has 9 heteroatoms. The van der Waals surface area contributed by atoms with E-state index in [4.69, 9.17) is 4.74 Å². The van der Waals surface area contributed by atoms with E-state index in [0.29, 0.717) is 23.3 Å². The molecule has 0 radical (unpaired) electrons. The van der Waals surface area contributed by atoms with Crippen LogP contribution < -0.4 is 10.2 Å². The maximum atomic E-state index is 13.8. The first-order chi connectivity index (χ1) is 15.3. The van der Waals surface area contributed by atoms with Gasteiger partial charge < -0.3 is 4.74 Å². The number of rotatable bonds is 9. The number of nitrogens with one attached hydrogen (secondary N) is 1. The number of nitrogens with zero attached hydrogens (tertiary/aromatic N) is 2. The van der Waals surface area contributed by atoms with Gasteiger partial charge in [-0.2, -0.15) is 4.31 Å². The van der Waals surface area contributed by atoms with Gasteiger partial charge in [0.25, 0.3) is 5.91 Å². The van der Waals surface area contributed by atoms with Crippen LogP contribution in [0.3, 0.4) is 0 Å². The molecule has 0 fully saturated rings. The minimum atomic E-state index is -4.12. The molecule has 2 aromatic carbocycles. The number of hydroxylamine groups is 1. The van der Waals surface area contributed by atoms with Gasteiger partial charge in [-0.25, -0.2) is 13.9 Å². The molecular weight excluding hydrogens is 430 g/mol. The monoisotopic (exact) mass is 457 g/mol. The second kappa shape index (κ2) is 10.1. The van der Waals surface area contributed by atoms with Gasteiger partial charge in [-0.15, -0.1) is 0 Å². The van der Waals surface area contributed by atoms with Gasteiger partial charge >= 0.3 is 0 Å². The minimum Gasteiger partial charge on any atom is -0.494 e. The van der Waals surface area contributed by atoms with Crippen LogP contribution in [0, 0.1) is 5.92 Å². The predicted octanol–water partition coefficient (Wildman–Crippen LogP) is 3.35. The third-order valence-corrected chi connectivity index (χ3v) is 6.91. The molecule has 3 aromatic rings. The van der Waals surface area contributed by atoms with Gasteiger partial charge in [0.1, 0.15) is 11.8 Å². The zero-order valence-corrected chi connectivity index (χ0v) is 19.0. The second-order valence-electron chi connectivity index (χ2n) is 7.68. The lowest BCUT2D eigenvalue weighted by Crippen LogP contribution is -2.51. The molecule has 0 spiro atoms. The summed E-state index contributed by atoms with van der Waals surface area (Å²) < 4.78 is 34.2. The lowest BCUT2D eigenvalue weighted by molar-refractivity contribution is -0.134. The Morgan fingerprint density at radius 3 is 2.53 bits per heavy atom. The normalized spacial score (nSPS) is 12.8. The Bertz CT molecular complexity index is 1180. The number of hydrogen-bond acceptors (Lipinski definition) is 6. The van der Waals surface area contributed by atoms with Gasteiger partial charge in [0.05, 0.1) is 11.5 Å². The van der Waals surface area contributed by atoms with Crippen molar-refractivity contribution in [3.05, 3.63) is 66.5 Å². The van der Waals surface area contributed by atoms with E-state index in [1.807, 2.05) is 19.1 Å². The number of benzene rings is 2. The van der Waals surface area contributed by atoms with Gasteiger partial charge in [-0.3, -0.25) is 15.0 Å². The van der Waals surface area contributed by atoms with Crippen molar-refractivity contribution in [1.29, 1.82) is 0 Å². The summed E-state index contributed by atoms with van der Waals surface area (Å²) in [5.41, 5.74) is 2.23. The summed E-state index contributed by atoms with van der Waals surface area (Å²) >= 11 is 0. The lowest BCUT2D eigenvalue weighted by Gasteiger charge is -2.32. The maximum absolute atomic E-state index is 13.8. The van der Waals surface area contributed by atoms with Crippen LogP contribution >= 0.6 is 0 Å². The topological polar surface area (TPSA) is 109 Å². The highest BCUT2D eigenvalue weighted by Crippen LogP contribution is 2.29. The van der Waals surface area contributed by atoms with E-state index < -0.39 is 27.9 Å². The predicted molar refractivity (Wildman–Crippen MR) is 121 cm³/mol. The van der Waals surface area contributed by atoms with E-state index in [9.17, 15) is 18.4 Å². The summed E-state index contributed by atoms with van der Waals surface area (Å²) in [5.74, 6) is -0.563. The number of aromatic nitrogens is 1. The Labute approximate surface area is 187 Å². The lowest BCUT2D eigenvalue weighted by atomic mass is 10.0. The molecule has 0 aliphatic heterocycles. The van der Waals surface area contributed by atoms with E-state index in [1.165, 1.54) is 6.07 Å². The van der Waals surface area contributed by atoms with Gasteiger partial charge in [0.15, 0.2) is 0 Å². The Balaban J connectivity index is 2.12. The molecule has 3 rings (SSSR count). The summed E-state index contributed by atoms with van der Waals surface area (Å²) in [4.78, 5) is 16.6. The Kier molecular flexibility index (Phi) is 7.44. The Morgan fingerprint density at radius 2 is 1.91 bits per heavy atom. The maximum Gasteiger partial charge on any atom is 0.262 e. The zero-order chi connectivity index (χ0) is 23.3. The van der Waals surface area contributed by atoms with Crippen molar-refractivity contribution < 1.29 is 23.2 Å². The molecule has 2 N–H and O–H groups in total. The third kappa shape index (κ3) is 5.07. The molecule has 1 aromatic heterocycles. The van der Waals surface area contributed by atoms with Crippen molar-refractivity contribution >= 4 is 26.7 Å². The van der Waals surface area contributed by atoms with E-state index in [2.05, 4.69) is 4.98 Å². The first-order valence-corrected chi connectivity index (χ1v) is 11.7. The van der Waals surface area contributed by atoms with Crippen molar-refractivity contribution in [3.8, 4) is 5.75 Å². The molecule has 1 amide bonds. The molecule has 0 saturated heterocycles. The summed E-state index contributed by atoms with van der Waals surface area (Å²) in [6.07, 6.45) is 3.13. The molecule has 0 bridgehead atoms. The summed E-state index contributed by atoms with van der Waals surface area (Å²) in [6, 6.07) is 12.6. The average molecular weight is 458 g/mol. The highest BCUT2D eigenvalue weighted by atomic mass is 32.2. The van der Waals surface area contributed by atoms with Crippen LogP contribution in [0.15, 0.2) is 65.8 Å². The quantitative estimate of drug-likeness (QED) is 0.377. The fourth-order valence-electron chi connectivity index (χ4n) is 3.59. The van der Waals surface area contributed by atoms with E-state index in [1.54, 1.807) is 62.1 Å². The van der Waals surface area contributed by atoms with Crippen LogP contribution in [-0.2, 0) is 21.4 Å². The molecule has 1 atom stereocenters. The number of fused-ring (bicyclic) bond motifs is 1. The number of ether oxygens (including phenoxy) is 1. The molecule has 0 aliphatic carbocycles. The fraction of sp³-hybridized carbons (Fsp3) is 0.304. The number of pyridine rings is 1. The molecule has 8 nitrogen and oxygen atoms in total. The fourth-order valence-corrected chi connectivity index (χ4v) is 5.34. The third-order valence-electron chi connectivity index (χ3n) is 5.08. The molecule has 0 saturated carbocycles. The number of carbonyl (C=O) groups excluding carboxylic acids is 1. The summed E-state index contributed by atoms with van der Waals surface area (Å²) in [5, 5.41) is 10.8. The molecule has 170 valence electrons. The van der Waals surface area contributed by atoms with Crippen LogP contribution in [0.1, 0.15) is 26.3 Å². The SMILES string of the molecule is CCOc1ccc2ccc(S(=O)(=O)N(Cc3cccnc3)[C@@H](C(=O)NO)C(C)C)cc2c1. The molecular formula is C23H27N3O5S. The van der Waals surface area contributed by atoms with Gasteiger partial charge in [-0.1, -0.05) is 32.0 Å². The summed E-state index contributed by atoms with van der Waals surface area (Å²) in [6.45, 7) is 5.73. The minimum absolute atomic E-state index is 0.0407. The number of sulfonamides is 1. The van der Waals surface area contributed by atoms with Crippen LogP contribution in [0.2, 0.25) is 0 Å². The summed E-state index contributed by atoms with van der Waals surface area (Å²) in [7, 11) is -4.12. The van der Waals surface area contributed by atoms with Crippen molar-refractivity contribution in [1.82, 2.24) is 14.8 Å². The standard InChI is InChI=1S/C23H27N3O5S/c1-4-31-20-9-7-18-8-10-21(13-19(18)12-20)32(29,30)26(15-17-6-5-11-24-14-17)22(16(2)3)23(27)25-28/h5-14,16,22,28H,4,15H2,1-3H3,(H,25,27)/t22-/m1/s1. The van der Waals surface area contributed by atoms with E-state index in [-0.39, 0.29) is 11.4 Å². The smallest absolute Gasteiger partial charge is 0.262 e. The van der Waals surface area contributed by atoms with Crippen molar-refractivity contribution in [3.63, 3.8) is 0 Å². The highest BCUT2D eigenvalue weighted by molar-refractivity contribution is 7.89. The van der Waals surface area contributed by atoms with Gasteiger partial charge in [0.2, 0.25) is 10.0 Å². The highest BCUT2D eigenvalue weighted by Gasteiger charge is 2.38. The largest absolute Gasteiger partial charge is 0.494 e. The Morgan fingerprint density at radius 1 is 1.16 bits per heavy atom. The van der Waals surface area contributed by atoms with Crippen LogP contribution in [0.4, 0.5) is 0 Å². The number of carbonyl (C=O) groups is 1. The molecule has 32 heavy (non-hydrogen) atoms.